The Balaban J connectivity index is 2.03. The molecule has 0 saturated carbocycles. The fourth-order valence-electron chi connectivity index (χ4n) is 2.95. The van der Waals surface area contributed by atoms with E-state index in [1.54, 1.807) is 4.90 Å². The summed E-state index contributed by atoms with van der Waals surface area (Å²) in [5, 5.41) is 0. The van der Waals surface area contributed by atoms with Crippen LogP contribution in [0.15, 0.2) is 57.5 Å². The van der Waals surface area contributed by atoms with E-state index < -0.39 is 6.10 Å². The van der Waals surface area contributed by atoms with E-state index in [9.17, 15) is 4.79 Å². The number of rotatable bonds is 2. The van der Waals surface area contributed by atoms with Crippen LogP contribution in [0.2, 0.25) is 0 Å². The molecule has 0 aliphatic carbocycles. The van der Waals surface area contributed by atoms with E-state index in [4.69, 9.17) is 4.74 Å². The van der Waals surface area contributed by atoms with Crippen molar-refractivity contribution in [2.75, 3.05) is 7.05 Å². The minimum Gasteiger partial charge on any atom is -0.358 e. The molecule has 3 rings (SSSR count). The van der Waals surface area contributed by atoms with Crippen molar-refractivity contribution in [2.24, 2.45) is 0 Å². The molecule has 1 aliphatic rings. The predicted molar refractivity (Wildman–Crippen MR) is 97.1 cm³/mol. The van der Waals surface area contributed by atoms with E-state index in [1.165, 1.54) is 0 Å². The Morgan fingerprint density at radius 2 is 1.39 bits per heavy atom. The Hall–Kier alpha value is -1.17. The lowest BCUT2D eigenvalue weighted by Crippen LogP contribution is -2.47. The Labute approximate surface area is 152 Å². The van der Waals surface area contributed by atoms with Crippen LogP contribution in [-0.2, 0) is 9.53 Å². The van der Waals surface area contributed by atoms with Crippen molar-refractivity contribution in [3.8, 4) is 0 Å². The molecular weight excluding hydrogens is 422 g/mol. The second-order valence-electron chi connectivity index (χ2n) is 5.70. The molecule has 0 N–H and O–H groups in total. The van der Waals surface area contributed by atoms with Gasteiger partial charge in [0.2, 0.25) is 0 Å². The van der Waals surface area contributed by atoms with Crippen molar-refractivity contribution < 1.29 is 9.53 Å². The molecule has 0 unspecified atom stereocenters. The molecule has 2 aromatic rings. The number of carbonyl (C=O) groups excluding carboxylic acids is 1. The number of halogens is 2. The minimum absolute atomic E-state index is 0.00582. The molecule has 23 heavy (non-hydrogen) atoms. The normalized spacial score (nSPS) is 24.8. The Morgan fingerprint density at radius 1 is 0.913 bits per heavy atom. The summed E-state index contributed by atoms with van der Waals surface area (Å²) >= 11 is 6.92. The van der Waals surface area contributed by atoms with Crippen LogP contribution in [0, 0.1) is 0 Å². The number of amides is 1. The second kappa shape index (κ2) is 6.75. The fraction of sp³-hybridized carbons (Fsp3) is 0.278. The van der Waals surface area contributed by atoms with E-state index in [0.29, 0.717) is 0 Å². The zero-order valence-electron chi connectivity index (χ0n) is 12.9. The number of nitrogens with zero attached hydrogens (tertiary/aromatic N) is 1. The summed E-state index contributed by atoms with van der Waals surface area (Å²) in [6.07, 6.45) is -0.637. The van der Waals surface area contributed by atoms with Gasteiger partial charge in [0.15, 0.2) is 0 Å². The quantitative estimate of drug-likeness (QED) is 0.669. The van der Waals surface area contributed by atoms with Crippen LogP contribution >= 0.6 is 31.9 Å². The molecule has 0 spiro atoms. The molecule has 5 heteroatoms. The van der Waals surface area contributed by atoms with E-state index in [1.807, 2.05) is 62.5 Å². The molecule has 0 bridgehead atoms. The number of benzene rings is 2. The van der Waals surface area contributed by atoms with Crippen LogP contribution in [0.4, 0.5) is 0 Å². The van der Waals surface area contributed by atoms with E-state index >= 15 is 0 Å². The Morgan fingerprint density at radius 3 is 1.91 bits per heavy atom. The van der Waals surface area contributed by atoms with Gasteiger partial charge in [-0.2, -0.15) is 0 Å². The average Bonchev–Trinajstić information content (AvgIpc) is 2.54. The van der Waals surface area contributed by atoms with Gasteiger partial charge in [0.05, 0.1) is 6.04 Å². The topological polar surface area (TPSA) is 29.5 Å². The van der Waals surface area contributed by atoms with Crippen LogP contribution in [0.1, 0.15) is 30.2 Å². The molecule has 1 saturated heterocycles. The fourth-order valence-corrected chi connectivity index (χ4v) is 3.48. The van der Waals surface area contributed by atoms with Crippen molar-refractivity contribution in [3.05, 3.63) is 68.6 Å². The van der Waals surface area contributed by atoms with Crippen LogP contribution < -0.4 is 0 Å². The van der Waals surface area contributed by atoms with E-state index in [-0.39, 0.29) is 18.1 Å². The highest BCUT2D eigenvalue weighted by molar-refractivity contribution is 9.10. The van der Waals surface area contributed by atoms with Crippen molar-refractivity contribution in [1.29, 1.82) is 0 Å². The zero-order valence-corrected chi connectivity index (χ0v) is 16.0. The van der Waals surface area contributed by atoms with Crippen molar-refractivity contribution in [2.45, 2.75) is 25.2 Å². The molecule has 3 atom stereocenters. The van der Waals surface area contributed by atoms with Gasteiger partial charge in [-0.1, -0.05) is 56.1 Å². The molecule has 1 heterocycles. The van der Waals surface area contributed by atoms with Crippen molar-refractivity contribution in [3.63, 3.8) is 0 Å². The molecule has 1 amide bonds. The Kier molecular flexibility index (Phi) is 4.90. The first-order valence-electron chi connectivity index (χ1n) is 7.40. The first-order valence-corrected chi connectivity index (χ1v) is 8.99. The second-order valence-corrected chi connectivity index (χ2v) is 7.53. The van der Waals surface area contributed by atoms with Gasteiger partial charge < -0.3 is 9.64 Å². The summed E-state index contributed by atoms with van der Waals surface area (Å²) in [4.78, 5) is 14.2. The lowest BCUT2D eigenvalue weighted by atomic mass is 9.92. The van der Waals surface area contributed by atoms with Gasteiger partial charge in [0.1, 0.15) is 12.2 Å². The van der Waals surface area contributed by atoms with Crippen LogP contribution in [0.3, 0.4) is 0 Å². The highest BCUT2D eigenvalue weighted by Gasteiger charge is 2.40. The van der Waals surface area contributed by atoms with Crippen LogP contribution in [0.5, 0.6) is 0 Å². The standard InChI is InChI=1S/C18H17Br2NO2/c1-11-18(22)21(2)16(12-3-7-14(19)8-4-12)17(23-11)13-5-9-15(20)10-6-13/h3-11,16-17H,1-2H3/t11-,16-,17+/m1/s1. The number of hydrogen-bond donors (Lipinski definition) is 0. The summed E-state index contributed by atoms with van der Waals surface area (Å²) in [6, 6.07) is 16.0. The van der Waals surface area contributed by atoms with E-state index in [0.717, 1.165) is 20.1 Å². The molecular formula is C18H17Br2NO2. The number of ether oxygens (including phenoxy) is 1. The SMILES string of the molecule is C[C@H]1O[C@@H](c2ccc(Br)cc2)[C@@H](c2ccc(Br)cc2)N(C)C1=O. The van der Waals surface area contributed by atoms with Gasteiger partial charge in [0, 0.05) is 16.0 Å². The summed E-state index contributed by atoms with van der Waals surface area (Å²) in [5.41, 5.74) is 2.12. The summed E-state index contributed by atoms with van der Waals surface area (Å²) in [5.74, 6) is 0.00582. The van der Waals surface area contributed by atoms with Gasteiger partial charge in [0.25, 0.3) is 5.91 Å². The van der Waals surface area contributed by atoms with E-state index in [2.05, 4.69) is 31.9 Å². The first kappa shape index (κ1) is 16.7. The minimum atomic E-state index is -0.444. The zero-order chi connectivity index (χ0) is 16.6. The van der Waals surface area contributed by atoms with Crippen LogP contribution in [-0.4, -0.2) is 24.0 Å². The smallest absolute Gasteiger partial charge is 0.251 e. The number of morpholine rings is 1. The average molecular weight is 439 g/mol. The third-order valence-electron chi connectivity index (χ3n) is 4.16. The van der Waals surface area contributed by atoms with Gasteiger partial charge >= 0.3 is 0 Å². The maximum Gasteiger partial charge on any atom is 0.251 e. The summed E-state index contributed by atoms with van der Waals surface area (Å²) in [6.45, 7) is 1.81. The molecule has 2 aromatic carbocycles. The maximum atomic E-state index is 12.4. The molecule has 1 fully saturated rings. The first-order chi connectivity index (χ1) is 11.0. The molecule has 1 aliphatic heterocycles. The predicted octanol–water partition coefficient (Wildman–Crippen LogP) is 4.87. The highest BCUT2D eigenvalue weighted by Crippen LogP contribution is 2.41. The molecule has 0 radical (unpaired) electrons. The molecule has 3 nitrogen and oxygen atoms in total. The Bertz CT molecular complexity index is 700. The van der Waals surface area contributed by atoms with Crippen molar-refractivity contribution >= 4 is 37.8 Å². The molecule has 120 valence electrons. The monoisotopic (exact) mass is 437 g/mol. The third-order valence-corrected chi connectivity index (χ3v) is 5.22. The lowest BCUT2D eigenvalue weighted by molar-refractivity contribution is -0.168. The van der Waals surface area contributed by atoms with Gasteiger partial charge in [-0.05, 0) is 42.3 Å². The van der Waals surface area contributed by atoms with Gasteiger partial charge in [-0.15, -0.1) is 0 Å². The van der Waals surface area contributed by atoms with Crippen molar-refractivity contribution in [1.82, 2.24) is 4.90 Å². The third kappa shape index (κ3) is 3.37. The largest absolute Gasteiger partial charge is 0.358 e. The number of carbonyl (C=O) groups is 1. The summed E-state index contributed by atoms with van der Waals surface area (Å²) < 4.78 is 8.11. The lowest BCUT2D eigenvalue weighted by Gasteiger charge is -2.42. The number of hydrogen-bond acceptors (Lipinski definition) is 2. The number of likely N-dealkylation sites (N-methyl/N-ethyl adjacent to an activating group) is 1. The summed E-state index contributed by atoms with van der Waals surface area (Å²) in [7, 11) is 1.85. The van der Waals surface area contributed by atoms with Crippen LogP contribution in [0.25, 0.3) is 0 Å². The molecule has 0 aromatic heterocycles. The van der Waals surface area contributed by atoms with Gasteiger partial charge in [-0.25, -0.2) is 0 Å². The highest BCUT2D eigenvalue weighted by atomic mass is 79.9. The van der Waals surface area contributed by atoms with Gasteiger partial charge in [-0.3, -0.25) is 4.79 Å². The maximum absolute atomic E-state index is 12.4.